The van der Waals surface area contributed by atoms with Gasteiger partial charge in [0.1, 0.15) is 5.69 Å². The van der Waals surface area contributed by atoms with Crippen molar-refractivity contribution in [3.05, 3.63) is 58.6 Å². The van der Waals surface area contributed by atoms with Crippen LogP contribution in [0.4, 0.5) is 10.1 Å². The van der Waals surface area contributed by atoms with E-state index in [1.807, 2.05) is 0 Å². The quantitative estimate of drug-likeness (QED) is 0.699. The molecule has 1 heterocycles. The van der Waals surface area contributed by atoms with E-state index in [0.29, 0.717) is 5.02 Å². The van der Waals surface area contributed by atoms with Gasteiger partial charge in [0.15, 0.2) is 0 Å². The van der Waals surface area contributed by atoms with Crippen LogP contribution >= 0.6 is 11.6 Å². The Bertz CT molecular complexity index is 706. The van der Waals surface area contributed by atoms with Crippen LogP contribution in [0, 0.1) is 5.95 Å². The summed E-state index contributed by atoms with van der Waals surface area (Å²) in [5.74, 6) is -2.07. The summed E-state index contributed by atoms with van der Waals surface area (Å²) in [7, 11) is 1.22. The number of methoxy groups -OCH3 is 1. The summed E-state index contributed by atoms with van der Waals surface area (Å²) in [6.45, 7) is 0. The number of nitrogens with zero attached hydrogens (tertiary/aromatic N) is 1. The molecule has 0 radical (unpaired) electrons. The molecule has 0 aliphatic heterocycles. The topological polar surface area (TPSA) is 68.3 Å². The van der Waals surface area contributed by atoms with E-state index in [0.717, 1.165) is 6.07 Å². The monoisotopic (exact) mass is 308 g/mol. The Hall–Kier alpha value is -2.47. The van der Waals surface area contributed by atoms with Crippen LogP contribution in [0.15, 0.2) is 36.4 Å². The zero-order valence-electron chi connectivity index (χ0n) is 10.9. The van der Waals surface area contributed by atoms with E-state index in [1.165, 1.54) is 37.4 Å². The number of esters is 1. The lowest BCUT2D eigenvalue weighted by Crippen LogP contribution is -2.17. The SMILES string of the molecule is COC(=O)c1ccc(Cl)cc1NC(=O)c1cccc(F)n1. The molecule has 0 saturated carbocycles. The van der Waals surface area contributed by atoms with Crippen molar-refractivity contribution in [2.75, 3.05) is 12.4 Å². The Morgan fingerprint density at radius 3 is 2.71 bits per heavy atom. The summed E-state index contributed by atoms with van der Waals surface area (Å²) in [5, 5.41) is 2.78. The van der Waals surface area contributed by atoms with Crippen LogP contribution in [0.2, 0.25) is 5.02 Å². The molecule has 5 nitrogen and oxygen atoms in total. The van der Waals surface area contributed by atoms with Crippen LogP contribution in [-0.2, 0) is 4.74 Å². The highest BCUT2D eigenvalue weighted by Gasteiger charge is 2.16. The Labute approximate surface area is 124 Å². The predicted octanol–water partition coefficient (Wildman–Crippen LogP) is 2.91. The summed E-state index contributed by atoms with van der Waals surface area (Å²) in [4.78, 5) is 27.1. The van der Waals surface area contributed by atoms with Gasteiger partial charge in [-0.3, -0.25) is 4.79 Å². The van der Waals surface area contributed by atoms with Crippen molar-refractivity contribution >= 4 is 29.2 Å². The van der Waals surface area contributed by atoms with Gasteiger partial charge >= 0.3 is 5.97 Å². The molecule has 0 aliphatic carbocycles. The molecular weight excluding hydrogens is 299 g/mol. The molecule has 0 saturated heterocycles. The molecule has 0 fully saturated rings. The fourth-order valence-electron chi connectivity index (χ4n) is 1.63. The van der Waals surface area contributed by atoms with Crippen LogP contribution in [0.1, 0.15) is 20.8 Å². The van der Waals surface area contributed by atoms with Crippen LogP contribution in [0.5, 0.6) is 0 Å². The predicted molar refractivity (Wildman–Crippen MR) is 74.9 cm³/mol. The molecule has 2 rings (SSSR count). The van der Waals surface area contributed by atoms with Crippen LogP contribution in [-0.4, -0.2) is 24.0 Å². The Balaban J connectivity index is 2.32. The smallest absolute Gasteiger partial charge is 0.339 e. The summed E-state index contributed by atoms with van der Waals surface area (Å²) in [6, 6.07) is 8.13. The number of aromatic nitrogens is 1. The lowest BCUT2D eigenvalue weighted by Gasteiger charge is -2.10. The molecule has 21 heavy (non-hydrogen) atoms. The van der Waals surface area contributed by atoms with E-state index in [4.69, 9.17) is 11.6 Å². The second-order valence-corrected chi connectivity index (χ2v) is 4.42. The normalized spacial score (nSPS) is 10.0. The van der Waals surface area contributed by atoms with Crippen molar-refractivity contribution in [3.8, 4) is 0 Å². The Morgan fingerprint density at radius 1 is 1.29 bits per heavy atom. The standard InChI is InChI=1S/C14H10ClFN2O3/c1-21-14(20)9-6-5-8(15)7-11(9)18-13(19)10-3-2-4-12(16)17-10/h2-7H,1H3,(H,18,19). The minimum absolute atomic E-state index is 0.120. The number of hydrogen-bond donors (Lipinski definition) is 1. The number of rotatable bonds is 3. The minimum atomic E-state index is -0.776. The van der Waals surface area contributed by atoms with Gasteiger partial charge in [0.25, 0.3) is 5.91 Å². The molecule has 1 amide bonds. The number of carbonyl (C=O) groups excluding carboxylic acids is 2. The van der Waals surface area contributed by atoms with E-state index in [-0.39, 0.29) is 16.9 Å². The van der Waals surface area contributed by atoms with E-state index in [1.54, 1.807) is 0 Å². The van der Waals surface area contributed by atoms with Gasteiger partial charge in [0.05, 0.1) is 18.4 Å². The maximum absolute atomic E-state index is 13.0. The molecule has 1 N–H and O–H groups in total. The Morgan fingerprint density at radius 2 is 2.05 bits per heavy atom. The highest BCUT2D eigenvalue weighted by Crippen LogP contribution is 2.22. The van der Waals surface area contributed by atoms with Gasteiger partial charge in [-0.15, -0.1) is 0 Å². The third kappa shape index (κ3) is 3.55. The average molecular weight is 309 g/mol. The molecule has 0 atom stereocenters. The fourth-order valence-corrected chi connectivity index (χ4v) is 1.80. The lowest BCUT2D eigenvalue weighted by atomic mass is 10.1. The highest BCUT2D eigenvalue weighted by molar-refractivity contribution is 6.31. The number of nitrogens with one attached hydrogen (secondary N) is 1. The molecule has 2 aromatic rings. The third-order valence-electron chi connectivity index (χ3n) is 2.58. The first-order valence-corrected chi connectivity index (χ1v) is 6.21. The van der Waals surface area contributed by atoms with E-state index in [9.17, 15) is 14.0 Å². The summed E-state index contributed by atoms with van der Waals surface area (Å²) in [5.41, 5.74) is 0.169. The Kier molecular flexibility index (Phi) is 4.49. The van der Waals surface area contributed by atoms with Crippen LogP contribution in [0.25, 0.3) is 0 Å². The number of carbonyl (C=O) groups is 2. The molecule has 7 heteroatoms. The molecule has 0 aliphatic rings. The third-order valence-corrected chi connectivity index (χ3v) is 2.82. The molecule has 1 aromatic heterocycles. The number of pyridine rings is 1. The van der Waals surface area contributed by atoms with Gasteiger partial charge in [-0.25, -0.2) is 9.78 Å². The van der Waals surface area contributed by atoms with Crippen molar-refractivity contribution in [1.29, 1.82) is 0 Å². The molecule has 108 valence electrons. The summed E-state index contributed by atoms with van der Waals surface area (Å²) in [6.07, 6.45) is 0. The maximum atomic E-state index is 13.0. The number of anilines is 1. The number of amides is 1. The van der Waals surface area contributed by atoms with Crippen LogP contribution in [0.3, 0.4) is 0 Å². The van der Waals surface area contributed by atoms with Gasteiger partial charge in [-0.05, 0) is 30.3 Å². The highest BCUT2D eigenvalue weighted by atomic mass is 35.5. The summed E-state index contributed by atoms with van der Waals surface area (Å²) >= 11 is 5.84. The minimum Gasteiger partial charge on any atom is -0.465 e. The van der Waals surface area contributed by atoms with E-state index >= 15 is 0 Å². The van der Waals surface area contributed by atoms with E-state index in [2.05, 4.69) is 15.0 Å². The lowest BCUT2D eigenvalue weighted by molar-refractivity contribution is 0.0602. The first-order chi connectivity index (χ1) is 10.0. The van der Waals surface area contributed by atoms with Gasteiger partial charge in [-0.2, -0.15) is 4.39 Å². The van der Waals surface area contributed by atoms with Crippen molar-refractivity contribution in [2.45, 2.75) is 0 Å². The van der Waals surface area contributed by atoms with E-state index < -0.39 is 17.8 Å². The van der Waals surface area contributed by atoms with Crippen molar-refractivity contribution in [3.63, 3.8) is 0 Å². The first kappa shape index (κ1) is 14.9. The zero-order valence-corrected chi connectivity index (χ0v) is 11.6. The molecule has 1 aromatic carbocycles. The average Bonchev–Trinajstić information content (AvgIpc) is 2.46. The van der Waals surface area contributed by atoms with Gasteiger partial charge < -0.3 is 10.1 Å². The van der Waals surface area contributed by atoms with Crippen molar-refractivity contribution < 1.29 is 18.7 Å². The van der Waals surface area contributed by atoms with Crippen LogP contribution < -0.4 is 5.32 Å². The largest absolute Gasteiger partial charge is 0.465 e. The molecule has 0 spiro atoms. The fraction of sp³-hybridized carbons (Fsp3) is 0.0714. The number of hydrogen-bond acceptors (Lipinski definition) is 4. The second kappa shape index (κ2) is 6.32. The molecular formula is C14H10ClFN2O3. The number of halogens is 2. The van der Waals surface area contributed by atoms with Gasteiger partial charge in [-0.1, -0.05) is 17.7 Å². The van der Waals surface area contributed by atoms with Gasteiger partial charge in [0.2, 0.25) is 5.95 Å². The maximum Gasteiger partial charge on any atom is 0.339 e. The number of ether oxygens (including phenoxy) is 1. The van der Waals surface area contributed by atoms with Crippen molar-refractivity contribution in [1.82, 2.24) is 4.98 Å². The molecule has 0 unspecified atom stereocenters. The zero-order chi connectivity index (χ0) is 15.4. The van der Waals surface area contributed by atoms with Crippen molar-refractivity contribution in [2.24, 2.45) is 0 Å². The number of benzene rings is 1. The first-order valence-electron chi connectivity index (χ1n) is 5.83. The second-order valence-electron chi connectivity index (χ2n) is 3.98. The van der Waals surface area contributed by atoms with Gasteiger partial charge in [0, 0.05) is 5.02 Å². The molecule has 0 bridgehead atoms. The summed E-state index contributed by atoms with van der Waals surface area (Å²) < 4.78 is 17.6.